The van der Waals surface area contributed by atoms with Crippen molar-refractivity contribution in [3.05, 3.63) is 299 Å². The Bertz CT molecular complexity index is 3710. The number of nitrogens with zero attached hydrogens (tertiary/aromatic N) is 2. The molecular formula is C66H42N2. The fraction of sp³-hybridized carbons (Fsp3) is 0.0303. The molecule has 68 heavy (non-hydrogen) atoms. The van der Waals surface area contributed by atoms with Crippen molar-refractivity contribution in [2.45, 2.75) is 10.8 Å². The molecule has 1 aromatic heterocycles. The van der Waals surface area contributed by atoms with Gasteiger partial charge in [0, 0.05) is 16.7 Å². The van der Waals surface area contributed by atoms with Crippen LogP contribution in [-0.4, -0.2) is 9.97 Å². The standard InChI is InChI=1S/C66H42N2/c1-3-20-43(21-4-1)45-24-19-25-47(40-45)63-42-62(44-22-5-2-6-23-44)67-64(68-63)53-30-8-7-26-48(53)46-38-39-52-51-29-11-14-33-56(51)66(61(52)41-46)59-36-17-15-34-57(59)65(58-35-16-18-37-60(58)66)54-31-12-9-27-49(54)50-28-10-13-32-55(50)65/h1-42H. The Hall–Kier alpha value is -8.72. The maximum absolute atomic E-state index is 5.43. The lowest BCUT2D eigenvalue weighted by molar-refractivity contribution is 0.633. The van der Waals surface area contributed by atoms with Crippen LogP contribution < -0.4 is 0 Å². The fourth-order valence-electron chi connectivity index (χ4n) is 12.3. The van der Waals surface area contributed by atoms with Crippen LogP contribution in [0.4, 0.5) is 0 Å². The van der Waals surface area contributed by atoms with Crippen LogP contribution in [0.2, 0.25) is 0 Å². The molecule has 0 unspecified atom stereocenters. The van der Waals surface area contributed by atoms with E-state index < -0.39 is 10.8 Å². The van der Waals surface area contributed by atoms with Gasteiger partial charge in [-0.25, -0.2) is 9.97 Å². The Morgan fingerprint density at radius 2 is 0.588 bits per heavy atom. The number of hydrogen-bond donors (Lipinski definition) is 0. The minimum absolute atomic E-state index is 0.493. The van der Waals surface area contributed by atoms with E-state index in [2.05, 4.69) is 255 Å². The Morgan fingerprint density at radius 3 is 1.13 bits per heavy atom. The summed E-state index contributed by atoms with van der Waals surface area (Å²) in [6, 6.07) is 93.6. The van der Waals surface area contributed by atoms with Crippen LogP contribution in [-0.2, 0) is 10.8 Å². The van der Waals surface area contributed by atoms with Crippen molar-refractivity contribution in [3.8, 4) is 78.4 Å². The first-order chi connectivity index (χ1) is 33.7. The quantitative estimate of drug-likeness (QED) is 0.172. The molecule has 0 saturated carbocycles. The minimum atomic E-state index is -0.595. The zero-order valence-corrected chi connectivity index (χ0v) is 37.1. The predicted octanol–water partition coefficient (Wildman–Crippen LogP) is 15.9. The molecule has 14 rings (SSSR count). The third-order valence-corrected chi connectivity index (χ3v) is 15.0. The Morgan fingerprint density at radius 1 is 0.206 bits per heavy atom. The van der Waals surface area contributed by atoms with Crippen LogP contribution in [0.1, 0.15) is 44.5 Å². The molecule has 2 nitrogen and oxygen atoms in total. The fourth-order valence-corrected chi connectivity index (χ4v) is 12.3. The second kappa shape index (κ2) is 14.9. The van der Waals surface area contributed by atoms with Crippen LogP contribution in [0, 0.1) is 0 Å². The summed E-state index contributed by atoms with van der Waals surface area (Å²) in [5, 5.41) is 0. The van der Waals surface area contributed by atoms with E-state index in [1.54, 1.807) is 0 Å². The van der Waals surface area contributed by atoms with Crippen LogP contribution in [0.5, 0.6) is 0 Å². The highest BCUT2D eigenvalue weighted by molar-refractivity contribution is 5.95. The molecule has 0 saturated heterocycles. The van der Waals surface area contributed by atoms with E-state index >= 15 is 0 Å². The topological polar surface area (TPSA) is 25.8 Å². The summed E-state index contributed by atoms with van der Waals surface area (Å²) in [5.74, 6) is 0.689. The summed E-state index contributed by atoms with van der Waals surface area (Å²) in [5.41, 5.74) is 24.0. The van der Waals surface area contributed by atoms with Crippen LogP contribution in [0.3, 0.4) is 0 Å². The van der Waals surface area contributed by atoms with Gasteiger partial charge in [0.15, 0.2) is 5.82 Å². The van der Waals surface area contributed by atoms with Gasteiger partial charge in [-0.2, -0.15) is 0 Å². The lowest BCUT2D eigenvalue weighted by Crippen LogP contribution is -2.43. The van der Waals surface area contributed by atoms with Crippen molar-refractivity contribution in [1.82, 2.24) is 9.97 Å². The molecule has 0 fully saturated rings. The molecule has 11 aromatic rings. The highest BCUT2D eigenvalue weighted by Crippen LogP contribution is 2.67. The first-order valence-electron chi connectivity index (χ1n) is 23.6. The average molecular weight is 863 g/mol. The summed E-state index contributed by atoms with van der Waals surface area (Å²) in [6.07, 6.45) is 0. The Kier molecular flexibility index (Phi) is 8.45. The smallest absolute Gasteiger partial charge is 0.161 e. The maximum Gasteiger partial charge on any atom is 0.161 e. The molecule has 0 amide bonds. The number of aromatic nitrogens is 2. The van der Waals surface area contributed by atoms with Crippen molar-refractivity contribution in [3.63, 3.8) is 0 Å². The third-order valence-electron chi connectivity index (χ3n) is 15.0. The van der Waals surface area contributed by atoms with Gasteiger partial charge in [-0.3, -0.25) is 0 Å². The SMILES string of the molecule is c1ccc(-c2cccc(-c3cc(-c4ccccc4)nc(-c4ccccc4-c4ccc5c(c4)C4(c6ccccc6-5)c5ccccc5C5(c6ccccc6-c6ccccc65)c5ccccc54)n3)c2)cc1. The molecule has 1 heterocycles. The molecule has 3 aliphatic carbocycles. The van der Waals surface area contributed by atoms with E-state index in [0.29, 0.717) is 5.82 Å². The van der Waals surface area contributed by atoms with Gasteiger partial charge in [0.25, 0.3) is 0 Å². The average Bonchev–Trinajstić information content (AvgIpc) is 3.88. The second-order valence-corrected chi connectivity index (χ2v) is 18.3. The highest BCUT2D eigenvalue weighted by atomic mass is 14.9. The van der Waals surface area contributed by atoms with E-state index in [1.165, 1.54) is 72.3 Å². The molecule has 2 spiro atoms. The summed E-state index contributed by atoms with van der Waals surface area (Å²) in [7, 11) is 0. The van der Waals surface area contributed by atoms with Gasteiger partial charge in [0.1, 0.15) is 0 Å². The van der Waals surface area contributed by atoms with Crippen LogP contribution in [0.15, 0.2) is 255 Å². The number of benzene rings is 10. The lowest BCUT2D eigenvalue weighted by Gasteiger charge is -2.48. The lowest BCUT2D eigenvalue weighted by atomic mass is 9.52. The van der Waals surface area contributed by atoms with Gasteiger partial charge in [-0.15, -0.1) is 0 Å². The van der Waals surface area contributed by atoms with Gasteiger partial charge < -0.3 is 0 Å². The number of rotatable bonds is 5. The molecule has 0 atom stereocenters. The van der Waals surface area contributed by atoms with Gasteiger partial charge >= 0.3 is 0 Å². The normalized spacial score (nSPS) is 13.8. The van der Waals surface area contributed by atoms with Gasteiger partial charge in [-0.05, 0) is 107 Å². The summed E-state index contributed by atoms with van der Waals surface area (Å²) in [4.78, 5) is 10.8. The zero-order valence-electron chi connectivity index (χ0n) is 37.1. The molecule has 0 N–H and O–H groups in total. The van der Waals surface area contributed by atoms with E-state index in [-0.39, 0.29) is 0 Å². The van der Waals surface area contributed by atoms with Crippen LogP contribution >= 0.6 is 0 Å². The Balaban J connectivity index is 1.000. The zero-order chi connectivity index (χ0) is 44.8. The third kappa shape index (κ3) is 5.34. The van der Waals surface area contributed by atoms with Crippen molar-refractivity contribution in [1.29, 1.82) is 0 Å². The van der Waals surface area contributed by atoms with Crippen molar-refractivity contribution in [2.24, 2.45) is 0 Å². The van der Waals surface area contributed by atoms with Crippen molar-refractivity contribution >= 4 is 0 Å². The van der Waals surface area contributed by atoms with Gasteiger partial charge in [-0.1, -0.05) is 237 Å². The summed E-state index contributed by atoms with van der Waals surface area (Å²) < 4.78 is 0. The first-order valence-corrected chi connectivity index (χ1v) is 23.6. The number of fused-ring (bicyclic) bond motifs is 16. The monoisotopic (exact) mass is 862 g/mol. The van der Waals surface area contributed by atoms with E-state index in [0.717, 1.165) is 44.8 Å². The van der Waals surface area contributed by atoms with Crippen LogP contribution in [0.25, 0.3) is 78.4 Å². The molecule has 3 aliphatic rings. The van der Waals surface area contributed by atoms with E-state index in [4.69, 9.17) is 9.97 Å². The largest absolute Gasteiger partial charge is 0.228 e. The van der Waals surface area contributed by atoms with Crippen molar-refractivity contribution < 1.29 is 0 Å². The van der Waals surface area contributed by atoms with Gasteiger partial charge in [0.05, 0.1) is 22.2 Å². The van der Waals surface area contributed by atoms with E-state index in [1.807, 2.05) is 0 Å². The minimum Gasteiger partial charge on any atom is -0.228 e. The maximum atomic E-state index is 5.43. The molecule has 0 aliphatic heterocycles. The predicted molar refractivity (Wildman–Crippen MR) is 277 cm³/mol. The Labute approximate surface area is 396 Å². The molecule has 0 bridgehead atoms. The first kappa shape index (κ1) is 38.5. The van der Waals surface area contributed by atoms with Crippen molar-refractivity contribution in [2.75, 3.05) is 0 Å². The molecule has 0 radical (unpaired) electrons. The molecule has 2 heteroatoms. The second-order valence-electron chi connectivity index (χ2n) is 18.3. The molecule has 10 aromatic carbocycles. The van der Waals surface area contributed by atoms with Gasteiger partial charge in [0.2, 0.25) is 0 Å². The van der Waals surface area contributed by atoms with E-state index in [9.17, 15) is 0 Å². The summed E-state index contributed by atoms with van der Waals surface area (Å²) in [6.45, 7) is 0. The summed E-state index contributed by atoms with van der Waals surface area (Å²) >= 11 is 0. The molecule has 316 valence electrons. The highest BCUT2D eigenvalue weighted by Gasteiger charge is 2.58. The number of hydrogen-bond acceptors (Lipinski definition) is 2. The molecular weight excluding hydrogens is 821 g/mol.